The number of para-hydroxylation sites is 2. The van der Waals surface area contributed by atoms with Gasteiger partial charge in [-0.05, 0) is 61.0 Å². The Hall–Kier alpha value is -4.84. The van der Waals surface area contributed by atoms with E-state index >= 15 is 0 Å². The fourth-order valence-corrected chi connectivity index (χ4v) is 5.91. The standard InChI is InChI=1S/C34H30N4O2/c1-23-9-6-12-25(21-23)33-31-17-8-20-36(31)29-15-4-5-16-30(29)38(33)32(39)22-37(26-18-19-26)34(40)35-28-14-7-11-24-10-2-3-13-27(24)28/h2-17,20-21,26,33H,18-19,22H2,1H3,(H,35,40). The number of hydrogen-bond donors (Lipinski definition) is 1. The summed E-state index contributed by atoms with van der Waals surface area (Å²) in [6, 6.07) is 33.8. The average molecular weight is 527 g/mol. The summed E-state index contributed by atoms with van der Waals surface area (Å²) in [5, 5.41) is 5.14. The number of nitrogens with one attached hydrogen (secondary N) is 1. The van der Waals surface area contributed by atoms with Crippen LogP contribution >= 0.6 is 0 Å². The van der Waals surface area contributed by atoms with Crippen molar-refractivity contribution < 1.29 is 9.59 Å². The maximum absolute atomic E-state index is 14.4. The molecule has 1 aliphatic heterocycles. The fraction of sp³-hybridized carbons (Fsp3) is 0.176. The number of carbonyl (C=O) groups excluding carboxylic acids is 2. The fourth-order valence-electron chi connectivity index (χ4n) is 5.91. The zero-order chi connectivity index (χ0) is 27.2. The monoisotopic (exact) mass is 526 g/mol. The minimum absolute atomic E-state index is 0.00136. The van der Waals surface area contributed by atoms with Crippen molar-refractivity contribution in [2.24, 2.45) is 0 Å². The molecule has 5 aromatic rings. The summed E-state index contributed by atoms with van der Waals surface area (Å²) in [5.41, 5.74) is 5.75. The summed E-state index contributed by atoms with van der Waals surface area (Å²) in [5.74, 6) is -0.105. The molecule has 2 heterocycles. The maximum Gasteiger partial charge on any atom is 0.322 e. The van der Waals surface area contributed by atoms with Crippen molar-refractivity contribution in [2.75, 3.05) is 16.8 Å². The Labute approximate surface area is 233 Å². The minimum atomic E-state index is -0.306. The molecule has 4 aromatic carbocycles. The van der Waals surface area contributed by atoms with Gasteiger partial charge in [-0.15, -0.1) is 0 Å². The number of carbonyl (C=O) groups is 2. The molecule has 6 heteroatoms. The van der Waals surface area contributed by atoms with E-state index in [4.69, 9.17) is 0 Å². The number of rotatable bonds is 5. The van der Waals surface area contributed by atoms with Crippen LogP contribution in [0.15, 0.2) is 109 Å². The Balaban J connectivity index is 1.24. The second-order valence-corrected chi connectivity index (χ2v) is 10.7. The van der Waals surface area contributed by atoms with Crippen LogP contribution in [0.4, 0.5) is 16.2 Å². The number of aromatic nitrogens is 1. The van der Waals surface area contributed by atoms with Gasteiger partial charge in [-0.25, -0.2) is 4.79 Å². The first-order valence-electron chi connectivity index (χ1n) is 13.8. The van der Waals surface area contributed by atoms with Crippen LogP contribution in [0.25, 0.3) is 16.5 Å². The molecule has 1 fully saturated rings. The minimum Gasteiger partial charge on any atom is -0.316 e. The molecule has 40 heavy (non-hydrogen) atoms. The third kappa shape index (κ3) is 4.22. The molecular formula is C34H30N4O2. The Kier molecular flexibility index (Phi) is 5.89. The Morgan fingerprint density at radius 3 is 2.42 bits per heavy atom. The van der Waals surface area contributed by atoms with E-state index < -0.39 is 0 Å². The van der Waals surface area contributed by atoms with Gasteiger partial charge in [0.05, 0.1) is 22.8 Å². The van der Waals surface area contributed by atoms with Gasteiger partial charge in [-0.1, -0.05) is 78.4 Å². The van der Waals surface area contributed by atoms with Crippen LogP contribution in [0, 0.1) is 6.92 Å². The Morgan fingerprint density at radius 1 is 0.850 bits per heavy atom. The lowest BCUT2D eigenvalue weighted by Gasteiger charge is -2.39. The predicted molar refractivity (Wildman–Crippen MR) is 159 cm³/mol. The topological polar surface area (TPSA) is 57.6 Å². The summed E-state index contributed by atoms with van der Waals surface area (Å²) >= 11 is 0. The molecule has 3 amide bonds. The highest BCUT2D eigenvalue weighted by molar-refractivity contribution is 6.04. The predicted octanol–water partition coefficient (Wildman–Crippen LogP) is 7.07. The highest BCUT2D eigenvalue weighted by Gasteiger charge is 2.40. The van der Waals surface area contributed by atoms with Gasteiger partial charge in [0.25, 0.3) is 0 Å². The zero-order valence-electron chi connectivity index (χ0n) is 22.3. The van der Waals surface area contributed by atoms with Crippen molar-refractivity contribution >= 4 is 34.1 Å². The summed E-state index contributed by atoms with van der Waals surface area (Å²) < 4.78 is 2.16. The van der Waals surface area contributed by atoms with Crippen LogP contribution in [0.5, 0.6) is 0 Å². The molecule has 2 aliphatic rings. The van der Waals surface area contributed by atoms with E-state index in [1.165, 1.54) is 0 Å². The Morgan fingerprint density at radius 2 is 1.60 bits per heavy atom. The van der Waals surface area contributed by atoms with Crippen molar-refractivity contribution in [1.82, 2.24) is 9.47 Å². The molecule has 1 saturated carbocycles. The van der Waals surface area contributed by atoms with Crippen molar-refractivity contribution in [2.45, 2.75) is 31.8 Å². The van der Waals surface area contributed by atoms with E-state index in [0.717, 1.165) is 57.5 Å². The highest BCUT2D eigenvalue weighted by Crippen LogP contribution is 2.42. The van der Waals surface area contributed by atoms with E-state index in [1.807, 2.05) is 90.0 Å². The molecule has 1 aliphatic carbocycles. The summed E-state index contributed by atoms with van der Waals surface area (Å²) in [6.45, 7) is 2.07. The van der Waals surface area contributed by atoms with Gasteiger partial charge in [0.2, 0.25) is 5.91 Å². The smallest absolute Gasteiger partial charge is 0.316 e. The third-order valence-corrected chi connectivity index (χ3v) is 7.93. The summed E-state index contributed by atoms with van der Waals surface area (Å²) in [7, 11) is 0. The number of benzene rings is 4. The van der Waals surface area contributed by atoms with Gasteiger partial charge in [0, 0.05) is 17.6 Å². The molecule has 1 aromatic heterocycles. The van der Waals surface area contributed by atoms with Gasteiger partial charge >= 0.3 is 6.03 Å². The van der Waals surface area contributed by atoms with Gasteiger partial charge in [0.1, 0.15) is 12.6 Å². The first-order valence-corrected chi connectivity index (χ1v) is 13.8. The van der Waals surface area contributed by atoms with Crippen molar-refractivity contribution in [3.63, 3.8) is 0 Å². The number of anilines is 2. The number of nitrogens with zero attached hydrogens (tertiary/aromatic N) is 3. The zero-order valence-corrected chi connectivity index (χ0v) is 22.3. The van der Waals surface area contributed by atoms with E-state index in [0.29, 0.717) is 0 Å². The first-order chi connectivity index (χ1) is 19.6. The Bertz CT molecular complexity index is 1750. The second kappa shape index (κ2) is 9.72. The lowest BCUT2D eigenvalue weighted by Crippen LogP contribution is -2.48. The molecule has 198 valence electrons. The number of hydrogen-bond acceptors (Lipinski definition) is 2. The molecule has 1 unspecified atom stereocenters. The van der Waals surface area contributed by atoms with Crippen LogP contribution in [0.3, 0.4) is 0 Å². The van der Waals surface area contributed by atoms with E-state index in [2.05, 4.69) is 41.1 Å². The molecule has 0 radical (unpaired) electrons. The quantitative estimate of drug-likeness (QED) is 0.266. The van der Waals surface area contributed by atoms with Crippen LogP contribution in [-0.4, -0.2) is 34.0 Å². The van der Waals surface area contributed by atoms with E-state index in [-0.39, 0.29) is 30.6 Å². The summed E-state index contributed by atoms with van der Waals surface area (Å²) in [4.78, 5) is 31.7. The van der Waals surface area contributed by atoms with Crippen LogP contribution in [0.1, 0.15) is 35.7 Å². The molecule has 0 spiro atoms. The van der Waals surface area contributed by atoms with Gasteiger partial charge in [-0.3, -0.25) is 9.69 Å². The SMILES string of the molecule is Cc1cccc(C2c3cccn3-c3ccccc3N2C(=O)CN(C(=O)Nc2cccc3ccccc23)C2CC2)c1. The second-order valence-electron chi connectivity index (χ2n) is 10.7. The first kappa shape index (κ1) is 24.2. The lowest BCUT2D eigenvalue weighted by molar-refractivity contribution is -0.119. The van der Waals surface area contributed by atoms with Crippen LogP contribution in [0.2, 0.25) is 0 Å². The number of amides is 3. The highest BCUT2D eigenvalue weighted by atomic mass is 16.2. The molecule has 1 atom stereocenters. The molecular weight excluding hydrogens is 496 g/mol. The number of urea groups is 1. The summed E-state index contributed by atoms with van der Waals surface area (Å²) in [6.07, 6.45) is 3.85. The molecule has 7 rings (SSSR count). The normalized spacial score (nSPS) is 15.8. The molecule has 6 nitrogen and oxygen atoms in total. The number of fused-ring (bicyclic) bond motifs is 4. The third-order valence-electron chi connectivity index (χ3n) is 7.93. The van der Waals surface area contributed by atoms with Gasteiger partial charge < -0.3 is 14.8 Å². The van der Waals surface area contributed by atoms with Gasteiger partial charge in [0.15, 0.2) is 0 Å². The molecule has 1 N–H and O–H groups in total. The van der Waals surface area contributed by atoms with Crippen molar-refractivity contribution in [3.8, 4) is 5.69 Å². The molecule has 0 saturated heterocycles. The lowest BCUT2D eigenvalue weighted by atomic mass is 9.96. The van der Waals surface area contributed by atoms with Crippen molar-refractivity contribution in [3.05, 3.63) is 126 Å². The van der Waals surface area contributed by atoms with Gasteiger partial charge in [-0.2, -0.15) is 0 Å². The van der Waals surface area contributed by atoms with Crippen molar-refractivity contribution in [1.29, 1.82) is 0 Å². The van der Waals surface area contributed by atoms with Crippen LogP contribution < -0.4 is 10.2 Å². The van der Waals surface area contributed by atoms with E-state index in [9.17, 15) is 9.59 Å². The number of aryl methyl sites for hydroxylation is 1. The van der Waals surface area contributed by atoms with E-state index in [1.54, 1.807) is 4.90 Å². The van der Waals surface area contributed by atoms with Crippen LogP contribution in [-0.2, 0) is 4.79 Å². The molecule has 0 bridgehead atoms. The average Bonchev–Trinajstić information content (AvgIpc) is 3.70. The maximum atomic E-state index is 14.4. The largest absolute Gasteiger partial charge is 0.322 e.